The largest absolute Gasteiger partial charge is 0.466 e. The minimum atomic E-state index is -0.543. The van der Waals surface area contributed by atoms with E-state index in [1.807, 2.05) is 0 Å². The van der Waals surface area contributed by atoms with Crippen LogP contribution in [0.1, 0.15) is 48.0 Å². The van der Waals surface area contributed by atoms with E-state index in [0.717, 1.165) is 0 Å². The molecule has 0 radical (unpaired) electrons. The minimum Gasteiger partial charge on any atom is -0.466 e. The van der Waals surface area contributed by atoms with E-state index in [-0.39, 0.29) is 25.0 Å². The lowest BCUT2D eigenvalue weighted by molar-refractivity contribution is -0.141. The van der Waals surface area contributed by atoms with Crippen molar-refractivity contribution in [2.45, 2.75) is 59.6 Å². The summed E-state index contributed by atoms with van der Waals surface area (Å²) in [6.45, 7) is 11.1. The molecule has 1 N–H and O–H groups in total. The number of nitrogens with zero attached hydrogens (tertiary/aromatic N) is 1. The Morgan fingerprint density at radius 2 is 1.90 bits per heavy atom. The normalized spacial score (nSPS) is 13.3. The molecular formula is C14H26N2O5. The second-order valence-electron chi connectivity index (χ2n) is 5.65. The molecule has 1 atom stereocenters. The van der Waals surface area contributed by atoms with Crippen molar-refractivity contribution in [3.8, 4) is 0 Å². The predicted molar refractivity (Wildman–Crippen MR) is 79.1 cm³/mol. The Morgan fingerprint density at radius 3 is 2.43 bits per heavy atom. The first-order valence-corrected chi connectivity index (χ1v) is 6.94. The third-order valence-electron chi connectivity index (χ3n) is 2.01. The number of hydrogen-bond donors (Lipinski definition) is 1. The molecule has 0 fully saturated rings. The Morgan fingerprint density at radius 1 is 1.29 bits per heavy atom. The molecular weight excluding hydrogens is 276 g/mol. The fourth-order valence-corrected chi connectivity index (χ4v) is 1.26. The Bertz CT molecular complexity index is 374. The molecule has 0 aromatic rings. The number of amides is 1. The molecule has 21 heavy (non-hydrogen) atoms. The highest BCUT2D eigenvalue weighted by Crippen LogP contribution is 2.06. The van der Waals surface area contributed by atoms with Crippen molar-refractivity contribution in [3.05, 3.63) is 0 Å². The minimum absolute atomic E-state index is 0.0850. The summed E-state index contributed by atoms with van der Waals surface area (Å²) in [5, 5.41) is 6.42. The van der Waals surface area contributed by atoms with E-state index in [0.29, 0.717) is 12.3 Å². The number of rotatable bonds is 7. The fourth-order valence-electron chi connectivity index (χ4n) is 1.26. The molecule has 0 heterocycles. The van der Waals surface area contributed by atoms with Crippen LogP contribution in [0.3, 0.4) is 0 Å². The van der Waals surface area contributed by atoms with Gasteiger partial charge in [0.05, 0.1) is 24.8 Å². The summed E-state index contributed by atoms with van der Waals surface area (Å²) in [6, 6.07) is -0.265. The summed E-state index contributed by atoms with van der Waals surface area (Å²) in [5.41, 5.74) is -0.0307. The Balaban J connectivity index is 4.00. The van der Waals surface area contributed by atoms with Gasteiger partial charge in [-0.05, 0) is 41.5 Å². The van der Waals surface area contributed by atoms with Crippen molar-refractivity contribution in [1.82, 2.24) is 5.32 Å². The topological polar surface area (TPSA) is 86.2 Å². The first-order chi connectivity index (χ1) is 9.64. The van der Waals surface area contributed by atoms with Gasteiger partial charge in [0.2, 0.25) is 0 Å². The monoisotopic (exact) mass is 302 g/mol. The van der Waals surface area contributed by atoms with Crippen LogP contribution in [-0.4, -0.2) is 42.6 Å². The number of nitrogens with one attached hydrogen (secondary N) is 1. The van der Waals surface area contributed by atoms with Crippen molar-refractivity contribution < 1.29 is 23.9 Å². The lowest BCUT2D eigenvalue weighted by Gasteiger charge is -2.21. The van der Waals surface area contributed by atoms with E-state index in [9.17, 15) is 9.59 Å². The number of ether oxygens (including phenoxy) is 2. The third kappa shape index (κ3) is 11.7. The zero-order valence-electron chi connectivity index (χ0n) is 13.7. The van der Waals surface area contributed by atoms with Crippen LogP contribution in [0.4, 0.5) is 4.79 Å². The van der Waals surface area contributed by atoms with Crippen LogP contribution in [-0.2, 0) is 19.1 Å². The summed E-state index contributed by atoms with van der Waals surface area (Å²) in [7, 11) is 0. The number of alkyl carbamates (subject to hydrolysis) is 1. The van der Waals surface area contributed by atoms with Crippen molar-refractivity contribution in [2.75, 3.05) is 13.2 Å². The fraction of sp³-hybridized carbons (Fsp3) is 0.786. The van der Waals surface area contributed by atoms with Gasteiger partial charge in [0.25, 0.3) is 0 Å². The smallest absolute Gasteiger partial charge is 0.407 e. The molecule has 0 saturated heterocycles. The maximum Gasteiger partial charge on any atom is 0.407 e. The molecule has 1 unspecified atom stereocenters. The molecule has 0 saturated carbocycles. The molecule has 0 bridgehead atoms. The molecule has 7 nitrogen and oxygen atoms in total. The highest BCUT2D eigenvalue weighted by Gasteiger charge is 2.17. The first-order valence-electron chi connectivity index (χ1n) is 6.94. The Hall–Kier alpha value is -1.79. The van der Waals surface area contributed by atoms with E-state index >= 15 is 0 Å². The van der Waals surface area contributed by atoms with Gasteiger partial charge >= 0.3 is 12.1 Å². The van der Waals surface area contributed by atoms with Crippen LogP contribution in [0.2, 0.25) is 0 Å². The quantitative estimate of drug-likeness (QED) is 0.443. The summed E-state index contributed by atoms with van der Waals surface area (Å²) >= 11 is 0. The van der Waals surface area contributed by atoms with Crippen LogP contribution < -0.4 is 5.32 Å². The van der Waals surface area contributed by atoms with Crippen LogP contribution in [0.15, 0.2) is 5.16 Å². The molecule has 0 spiro atoms. The summed E-state index contributed by atoms with van der Waals surface area (Å²) in [6.07, 6.45) is -0.423. The molecule has 7 heteroatoms. The number of hydrogen-bond acceptors (Lipinski definition) is 6. The van der Waals surface area contributed by atoms with Crippen LogP contribution >= 0.6 is 0 Å². The summed E-state index contributed by atoms with van der Waals surface area (Å²) in [5.74, 6) is -0.345. The third-order valence-corrected chi connectivity index (χ3v) is 2.01. The highest BCUT2D eigenvalue weighted by molar-refractivity contribution is 5.97. The van der Waals surface area contributed by atoms with Gasteiger partial charge in [0.1, 0.15) is 12.2 Å². The first kappa shape index (κ1) is 19.2. The molecule has 0 aromatic carbocycles. The lowest BCUT2D eigenvalue weighted by Crippen LogP contribution is -2.39. The van der Waals surface area contributed by atoms with Gasteiger partial charge in [-0.2, -0.15) is 0 Å². The molecule has 0 aliphatic carbocycles. The number of oxime groups is 1. The van der Waals surface area contributed by atoms with Gasteiger partial charge in [-0.3, -0.25) is 4.79 Å². The van der Waals surface area contributed by atoms with E-state index in [1.165, 1.54) is 0 Å². The van der Waals surface area contributed by atoms with Gasteiger partial charge in [-0.1, -0.05) is 5.16 Å². The second kappa shape index (κ2) is 9.20. The maximum absolute atomic E-state index is 11.5. The molecule has 0 aromatic heterocycles. The SMILES string of the molecule is CCOC(=O)CC(C)=NOCC(C)NC(=O)OC(C)(C)C. The average Bonchev–Trinajstić information content (AvgIpc) is 2.25. The molecule has 1 amide bonds. The zero-order chi connectivity index (χ0) is 16.5. The van der Waals surface area contributed by atoms with Gasteiger partial charge in [0, 0.05) is 0 Å². The van der Waals surface area contributed by atoms with Gasteiger partial charge < -0.3 is 19.6 Å². The van der Waals surface area contributed by atoms with E-state index in [4.69, 9.17) is 14.3 Å². The second-order valence-corrected chi connectivity index (χ2v) is 5.65. The average molecular weight is 302 g/mol. The Kier molecular flexibility index (Phi) is 8.42. The lowest BCUT2D eigenvalue weighted by atomic mass is 10.2. The molecule has 0 aliphatic rings. The predicted octanol–water partition coefficient (Wildman–Crippen LogP) is 2.25. The Labute approximate surface area is 126 Å². The van der Waals surface area contributed by atoms with Crippen molar-refractivity contribution in [2.24, 2.45) is 5.16 Å². The van der Waals surface area contributed by atoms with Gasteiger partial charge in [-0.15, -0.1) is 0 Å². The maximum atomic E-state index is 11.5. The highest BCUT2D eigenvalue weighted by atomic mass is 16.6. The van der Waals surface area contributed by atoms with E-state index in [2.05, 4.69) is 10.5 Å². The van der Waals surface area contributed by atoms with Gasteiger partial charge in [-0.25, -0.2) is 4.79 Å². The molecule has 0 aliphatic heterocycles. The van der Waals surface area contributed by atoms with Crippen LogP contribution in [0.5, 0.6) is 0 Å². The molecule has 0 rings (SSSR count). The number of carbonyl (C=O) groups excluding carboxylic acids is 2. The molecule has 122 valence electrons. The standard InChI is InChI=1S/C14H26N2O5/c1-7-19-12(17)8-10(2)16-20-9-11(3)15-13(18)21-14(4,5)6/h11H,7-9H2,1-6H3,(H,15,18). The van der Waals surface area contributed by atoms with Crippen molar-refractivity contribution >= 4 is 17.8 Å². The number of carbonyl (C=O) groups is 2. The van der Waals surface area contributed by atoms with Crippen LogP contribution in [0.25, 0.3) is 0 Å². The van der Waals surface area contributed by atoms with Gasteiger partial charge in [0.15, 0.2) is 0 Å². The van der Waals surface area contributed by atoms with Crippen molar-refractivity contribution in [1.29, 1.82) is 0 Å². The van der Waals surface area contributed by atoms with Crippen molar-refractivity contribution in [3.63, 3.8) is 0 Å². The number of esters is 1. The summed E-state index contributed by atoms with van der Waals surface area (Å²) < 4.78 is 9.90. The van der Waals surface area contributed by atoms with E-state index in [1.54, 1.807) is 41.5 Å². The summed E-state index contributed by atoms with van der Waals surface area (Å²) in [4.78, 5) is 27.8. The van der Waals surface area contributed by atoms with Crippen LogP contribution in [0, 0.1) is 0 Å². The zero-order valence-corrected chi connectivity index (χ0v) is 13.7. The van der Waals surface area contributed by atoms with E-state index < -0.39 is 11.7 Å².